The van der Waals surface area contributed by atoms with Crippen LogP contribution in [0.1, 0.15) is 16.7 Å². The highest BCUT2D eigenvalue weighted by atomic mass is 32.2. The molecular formula is C25H23FN4OS. The standard InChI is InChI=1S/C25H23FN4OS/c1-16-11-13-19(14-12-16)30-24(20-9-4-5-10-21(20)26)28-29-25(30)32-15-22(31)27-23-17(2)7-6-8-18(23)3/h4-14H,15H2,1-3H3,(H,27,31). The van der Waals surface area contributed by atoms with E-state index in [1.165, 1.54) is 17.8 Å². The molecule has 0 fully saturated rings. The number of para-hydroxylation sites is 1. The van der Waals surface area contributed by atoms with Crippen LogP contribution in [-0.2, 0) is 4.79 Å². The number of hydrogen-bond donors (Lipinski definition) is 1. The summed E-state index contributed by atoms with van der Waals surface area (Å²) >= 11 is 1.26. The lowest BCUT2D eigenvalue weighted by Crippen LogP contribution is -2.16. The van der Waals surface area contributed by atoms with Crippen molar-refractivity contribution in [1.82, 2.24) is 14.8 Å². The summed E-state index contributed by atoms with van der Waals surface area (Å²) in [5, 5.41) is 12.0. The van der Waals surface area contributed by atoms with Gasteiger partial charge in [-0.2, -0.15) is 0 Å². The topological polar surface area (TPSA) is 59.8 Å². The van der Waals surface area contributed by atoms with Crippen molar-refractivity contribution in [1.29, 1.82) is 0 Å². The first kappa shape index (κ1) is 21.8. The van der Waals surface area contributed by atoms with Gasteiger partial charge in [-0.25, -0.2) is 4.39 Å². The molecule has 7 heteroatoms. The molecule has 0 aliphatic carbocycles. The van der Waals surface area contributed by atoms with Gasteiger partial charge in [0.25, 0.3) is 0 Å². The molecule has 1 N–H and O–H groups in total. The number of anilines is 1. The summed E-state index contributed by atoms with van der Waals surface area (Å²) in [4.78, 5) is 12.7. The van der Waals surface area contributed by atoms with Crippen LogP contribution in [0.15, 0.2) is 71.9 Å². The largest absolute Gasteiger partial charge is 0.325 e. The predicted octanol–water partition coefficient (Wildman–Crippen LogP) is 5.73. The fraction of sp³-hybridized carbons (Fsp3) is 0.160. The summed E-state index contributed by atoms with van der Waals surface area (Å²) in [5.74, 6) is 0.0233. The van der Waals surface area contributed by atoms with Gasteiger partial charge in [-0.1, -0.05) is 59.8 Å². The Morgan fingerprint density at radius 2 is 1.62 bits per heavy atom. The lowest BCUT2D eigenvalue weighted by atomic mass is 10.1. The molecule has 1 heterocycles. The minimum absolute atomic E-state index is 0.140. The number of aryl methyl sites for hydroxylation is 3. The van der Waals surface area contributed by atoms with Gasteiger partial charge in [0, 0.05) is 11.4 Å². The first-order chi connectivity index (χ1) is 15.4. The molecule has 5 nitrogen and oxygen atoms in total. The molecular weight excluding hydrogens is 423 g/mol. The summed E-state index contributed by atoms with van der Waals surface area (Å²) in [7, 11) is 0. The van der Waals surface area contributed by atoms with E-state index in [2.05, 4.69) is 15.5 Å². The van der Waals surface area contributed by atoms with Gasteiger partial charge >= 0.3 is 0 Å². The molecule has 3 aromatic carbocycles. The quantitative estimate of drug-likeness (QED) is 0.384. The van der Waals surface area contributed by atoms with E-state index in [0.29, 0.717) is 16.5 Å². The lowest BCUT2D eigenvalue weighted by Gasteiger charge is -2.12. The van der Waals surface area contributed by atoms with Gasteiger partial charge in [0.05, 0.1) is 11.3 Å². The Morgan fingerprint density at radius 3 is 2.31 bits per heavy atom. The number of nitrogens with zero attached hydrogens (tertiary/aromatic N) is 3. The Balaban J connectivity index is 1.63. The SMILES string of the molecule is Cc1ccc(-n2c(SCC(=O)Nc3c(C)cccc3C)nnc2-c2ccccc2F)cc1. The van der Waals surface area contributed by atoms with E-state index in [-0.39, 0.29) is 17.5 Å². The van der Waals surface area contributed by atoms with Crippen LogP contribution >= 0.6 is 11.8 Å². The molecule has 0 radical (unpaired) electrons. The molecule has 0 unspecified atom stereocenters. The zero-order chi connectivity index (χ0) is 22.7. The van der Waals surface area contributed by atoms with Crippen molar-refractivity contribution >= 4 is 23.4 Å². The molecule has 4 aromatic rings. The van der Waals surface area contributed by atoms with Crippen molar-refractivity contribution in [3.8, 4) is 17.1 Å². The first-order valence-electron chi connectivity index (χ1n) is 10.2. The highest BCUT2D eigenvalue weighted by molar-refractivity contribution is 7.99. The monoisotopic (exact) mass is 446 g/mol. The number of hydrogen-bond acceptors (Lipinski definition) is 4. The number of halogens is 1. The zero-order valence-corrected chi connectivity index (χ0v) is 18.9. The number of thioether (sulfide) groups is 1. The van der Waals surface area contributed by atoms with Gasteiger partial charge < -0.3 is 5.32 Å². The maximum Gasteiger partial charge on any atom is 0.234 e. The number of nitrogens with one attached hydrogen (secondary N) is 1. The van der Waals surface area contributed by atoms with Crippen LogP contribution in [0, 0.1) is 26.6 Å². The Labute approximate surface area is 190 Å². The lowest BCUT2D eigenvalue weighted by molar-refractivity contribution is -0.113. The number of aromatic nitrogens is 3. The molecule has 162 valence electrons. The molecule has 1 aromatic heterocycles. The van der Waals surface area contributed by atoms with E-state index in [4.69, 9.17) is 0 Å². The summed E-state index contributed by atoms with van der Waals surface area (Å²) < 4.78 is 16.3. The van der Waals surface area contributed by atoms with E-state index in [0.717, 1.165) is 28.1 Å². The van der Waals surface area contributed by atoms with E-state index < -0.39 is 0 Å². The molecule has 0 atom stereocenters. The Hall–Kier alpha value is -3.45. The third-order valence-electron chi connectivity index (χ3n) is 5.12. The fourth-order valence-electron chi connectivity index (χ4n) is 3.42. The Bertz CT molecular complexity index is 1250. The van der Waals surface area contributed by atoms with Crippen LogP contribution < -0.4 is 5.32 Å². The number of rotatable bonds is 6. The van der Waals surface area contributed by atoms with Crippen LogP contribution in [0.2, 0.25) is 0 Å². The van der Waals surface area contributed by atoms with Crippen molar-refractivity contribution in [2.75, 3.05) is 11.1 Å². The molecule has 4 rings (SSSR count). The van der Waals surface area contributed by atoms with E-state index >= 15 is 0 Å². The van der Waals surface area contributed by atoms with E-state index in [1.807, 2.05) is 63.2 Å². The maximum atomic E-state index is 14.5. The van der Waals surface area contributed by atoms with Crippen LogP contribution in [-0.4, -0.2) is 26.4 Å². The van der Waals surface area contributed by atoms with Gasteiger partial charge in [-0.15, -0.1) is 10.2 Å². The minimum Gasteiger partial charge on any atom is -0.325 e. The van der Waals surface area contributed by atoms with Gasteiger partial charge in [-0.3, -0.25) is 9.36 Å². The van der Waals surface area contributed by atoms with Gasteiger partial charge in [0.1, 0.15) is 5.82 Å². The van der Waals surface area contributed by atoms with Crippen molar-refractivity contribution in [3.63, 3.8) is 0 Å². The normalized spacial score (nSPS) is 10.9. The van der Waals surface area contributed by atoms with E-state index in [1.54, 1.807) is 22.8 Å². The van der Waals surface area contributed by atoms with Crippen LogP contribution in [0.5, 0.6) is 0 Å². The molecule has 32 heavy (non-hydrogen) atoms. The van der Waals surface area contributed by atoms with E-state index in [9.17, 15) is 9.18 Å². The molecule has 0 aliphatic rings. The smallest absolute Gasteiger partial charge is 0.234 e. The van der Waals surface area contributed by atoms with Crippen molar-refractivity contribution in [2.45, 2.75) is 25.9 Å². The van der Waals surface area contributed by atoms with Crippen LogP contribution in [0.3, 0.4) is 0 Å². The van der Waals surface area contributed by atoms with Gasteiger partial charge in [-0.05, 0) is 56.2 Å². The summed E-state index contributed by atoms with van der Waals surface area (Å²) in [6, 6.07) is 20.2. The molecule has 0 saturated carbocycles. The third kappa shape index (κ3) is 4.57. The second-order valence-corrected chi connectivity index (χ2v) is 8.50. The highest BCUT2D eigenvalue weighted by Gasteiger charge is 2.19. The van der Waals surface area contributed by atoms with Gasteiger partial charge in [0.2, 0.25) is 5.91 Å². The Morgan fingerprint density at radius 1 is 0.938 bits per heavy atom. The van der Waals surface area contributed by atoms with Crippen molar-refractivity contribution in [2.24, 2.45) is 0 Å². The van der Waals surface area contributed by atoms with Crippen molar-refractivity contribution in [3.05, 3.63) is 89.2 Å². The van der Waals surface area contributed by atoms with Crippen LogP contribution in [0.25, 0.3) is 17.1 Å². The van der Waals surface area contributed by atoms with Gasteiger partial charge in [0.15, 0.2) is 11.0 Å². The number of carbonyl (C=O) groups excluding carboxylic acids is 1. The minimum atomic E-state index is -0.377. The average molecular weight is 447 g/mol. The third-order valence-corrected chi connectivity index (χ3v) is 6.05. The second kappa shape index (κ2) is 9.36. The summed E-state index contributed by atoms with van der Waals surface area (Å²) in [6.07, 6.45) is 0. The summed E-state index contributed by atoms with van der Waals surface area (Å²) in [5.41, 5.74) is 5.10. The number of benzene rings is 3. The second-order valence-electron chi connectivity index (χ2n) is 7.56. The maximum absolute atomic E-state index is 14.5. The van der Waals surface area contributed by atoms with Crippen LogP contribution in [0.4, 0.5) is 10.1 Å². The molecule has 1 amide bonds. The highest BCUT2D eigenvalue weighted by Crippen LogP contribution is 2.30. The molecule has 0 aliphatic heterocycles. The first-order valence-corrected chi connectivity index (χ1v) is 11.2. The van der Waals surface area contributed by atoms with Crippen molar-refractivity contribution < 1.29 is 9.18 Å². The number of carbonyl (C=O) groups is 1. The number of amides is 1. The average Bonchev–Trinajstić information content (AvgIpc) is 3.19. The fourth-order valence-corrected chi connectivity index (χ4v) is 4.18. The summed E-state index contributed by atoms with van der Waals surface area (Å²) in [6.45, 7) is 5.93. The predicted molar refractivity (Wildman–Crippen MR) is 127 cm³/mol. The molecule has 0 bridgehead atoms. The Kier molecular flexibility index (Phi) is 6.37. The molecule has 0 saturated heterocycles. The molecule has 0 spiro atoms. The zero-order valence-electron chi connectivity index (χ0n) is 18.1.